The number of rotatable bonds is 1. The molecule has 2 rings (SSSR count). The van der Waals surface area contributed by atoms with Gasteiger partial charge in [0.25, 0.3) is 0 Å². The Bertz CT molecular complexity index is 506. The molecule has 2 aromatic heterocycles. The number of carbonyl (C=O) groups is 1. The Balaban J connectivity index is 2.82. The second-order valence-corrected chi connectivity index (χ2v) is 4.64. The number of hydrogen-bond donors (Lipinski definition) is 0. The Morgan fingerprint density at radius 2 is 2.07 bits per heavy atom. The molecule has 0 aliphatic carbocycles. The lowest BCUT2D eigenvalue weighted by Gasteiger charge is -2.16. The quantitative estimate of drug-likeness (QED) is 0.666. The van der Waals surface area contributed by atoms with Crippen LogP contribution in [0.3, 0.4) is 0 Å². The van der Waals surface area contributed by atoms with Crippen LogP contribution in [0.15, 0.2) is 24.4 Å². The van der Waals surface area contributed by atoms with Gasteiger partial charge in [0.15, 0.2) is 6.29 Å². The number of fused-ring (bicyclic) bond motifs is 1. The lowest BCUT2D eigenvalue weighted by atomic mass is 9.96. The van der Waals surface area contributed by atoms with Crippen LogP contribution in [0.2, 0.25) is 0 Å². The van der Waals surface area contributed by atoms with E-state index < -0.39 is 0 Å². The highest BCUT2D eigenvalue weighted by molar-refractivity contribution is 5.83. The average molecular weight is 202 g/mol. The molecule has 0 radical (unpaired) electrons. The molecule has 0 spiro atoms. The molecule has 0 bridgehead atoms. The van der Waals surface area contributed by atoms with Crippen LogP contribution in [0.5, 0.6) is 0 Å². The third kappa shape index (κ3) is 1.54. The van der Waals surface area contributed by atoms with Crippen molar-refractivity contribution < 1.29 is 4.79 Å². The van der Waals surface area contributed by atoms with Crippen LogP contribution in [0.25, 0.3) is 5.52 Å². The van der Waals surface area contributed by atoms with Gasteiger partial charge >= 0.3 is 0 Å². The van der Waals surface area contributed by atoms with E-state index in [1.807, 2.05) is 28.8 Å². The second kappa shape index (κ2) is 3.19. The van der Waals surface area contributed by atoms with Gasteiger partial charge in [0.2, 0.25) is 0 Å². The van der Waals surface area contributed by atoms with E-state index in [1.54, 1.807) is 0 Å². The van der Waals surface area contributed by atoms with Gasteiger partial charge in [0.1, 0.15) is 11.5 Å². The molecule has 2 heterocycles. The van der Waals surface area contributed by atoms with E-state index in [-0.39, 0.29) is 5.41 Å². The monoisotopic (exact) mass is 202 g/mol. The largest absolute Gasteiger partial charge is 0.303 e. The molecule has 2 aromatic rings. The Labute approximate surface area is 88.8 Å². The topological polar surface area (TPSA) is 34.4 Å². The SMILES string of the molecule is CC(C)(C)c1nc(C=O)c2ccccn12. The van der Waals surface area contributed by atoms with Gasteiger partial charge in [-0.15, -0.1) is 0 Å². The maximum absolute atomic E-state index is 10.9. The number of aldehydes is 1. The van der Waals surface area contributed by atoms with Crippen molar-refractivity contribution in [3.05, 3.63) is 35.9 Å². The van der Waals surface area contributed by atoms with E-state index in [4.69, 9.17) is 0 Å². The van der Waals surface area contributed by atoms with E-state index in [2.05, 4.69) is 25.8 Å². The molecule has 0 saturated heterocycles. The highest BCUT2D eigenvalue weighted by atomic mass is 16.1. The van der Waals surface area contributed by atoms with Gasteiger partial charge in [0.05, 0.1) is 5.52 Å². The Morgan fingerprint density at radius 3 is 2.67 bits per heavy atom. The molecule has 0 aromatic carbocycles. The van der Waals surface area contributed by atoms with Crippen LogP contribution in [-0.2, 0) is 5.41 Å². The lowest BCUT2D eigenvalue weighted by molar-refractivity contribution is 0.112. The fourth-order valence-electron chi connectivity index (χ4n) is 1.68. The number of pyridine rings is 1. The maximum Gasteiger partial charge on any atom is 0.170 e. The zero-order valence-corrected chi connectivity index (χ0v) is 9.19. The van der Waals surface area contributed by atoms with Crippen molar-refractivity contribution in [3.8, 4) is 0 Å². The summed E-state index contributed by atoms with van der Waals surface area (Å²) >= 11 is 0. The van der Waals surface area contributed by atoms with E-state index in [9.17, 15) is 4.79 Å². The number of hydrogen-bond acceptors (Lipinski definition) is 2. The van der Waals surface area contributed by atoms with E-state index in [0.29, 0.717) is 5.69 Å². The normalized spacial score (nSPS) is 11.9. The van der Waals surface area contributed by atoms with Crippen LogP contribution in [0.4, 0.5) is 0 Å². The summed E-state index contributed by atoms with van der Waals surface area (Å²) in [5.41, 5.74) is 1.32. The first-order valence-electron chi connectivity index (χ1n) is 4.97. The molecule has 0 aliphatic rings. The molecule has 3 nitrogen and oxygen atoms in total. The molecule has 0 unspecified atom stereocenters. The second-order valence-electron chi connectivity index (χ2n) is 4.64. The van der Waals surface area contributed by atoms with Crippen LogP contribution in [-0.4, -0.2) is 15.7 Å². The summed E-state index contributed by atoms with van der Waals surface area (Å²) < 4.78 is 1.98. The highest BCUT2D eigenvalue weighted by Gasteiger charge is 2.21. The van der Waals surface area contributed by atoms with Crippen LogP contribution < -0.4 is 0 Å². The van der Waals surface area contributed by atoms with Crippen molar-refractivity contribution in [1.82, 2.24) is 9.38 Å². The van der Waals surface area contributed by atoms with E-state index >= 15 is 0 Å². The summed E-state index contributed by atoms with van der Waals surface area (Å²) in [5, 5.41) is 0. The van der Waals surface area contributed by atoms with E-state index in [1.165, 1.54) is 0 Å². The number of aromatic nitrogens is 2. The zero-order valence-electron chi connectivity index (χ0n) is 9.19. The molecule has 0 aliphatic heterocycles. The smallest absolute Gasteiger partial charge is 0.170 e. The Hall–Kier alpha value is -1.64. The minimum atomic E-state index is -0.0640. The van der Waals surface area contributed by atoms with Crippen LogP contribution >= 0.6 is 0 Å². The summed E-state index contributed by atoms with van der Waals surface area (Å²) in [6, 6.07) is 5.76. The van der Waals surface area contributed by atoms with Gasteiger partial charge in [-0.1, -0.05) is 26.8 Å². The first-order chi connectivity index (χ1) is 7.04. The van der Waals surface area contributed by atoms with Crippen molar-refractivity contribution in [2.24, 2.45) is 0 Å². The van der Waals surface area contributed by atoms with Gasteiger partial charge < -0.3 is 4.40 Å². The zero-order chi connectivity index (χ0) is 11.1. The van der Waals surface area contributed by atoms with Gasteiger partial charge in [-0.05, 0) is 12.1 Å². The molecule has 78 valence electrons. The van der Waals surface area contributed by atoms with Crippen LogP contribution in [0, 0.1) is 0 Å². The third-order valence-corrected chi connectivity index (χ3v) is 2.36. The minimum absolute atomic E-state index is 0.0640. The predicted molar refractivity (Wildman–Crippen MR) is 59.3 cm³/mol. The predicted octanol–water partition coefficient (Wildman–Crippen LogP) is 2.44. The minimum Gasteiger partial charge on any atom is -0.303 e. The van der Waals surface area contributed by atoms with Gasteiger partial charge in [-0.3, -0.25) is 4.79 Å². The molecular weight excluding hydrogens is 188 g/mol. The summed E-state index contributed by atoms with van der Waals surface area (Å²) in [4.78, 5) is 15.3. The van der Waals surface area contributed by atoms with Crippen molar-refractivity contribution in [3.63, 3.8) is 0 Å². The lowest BCUT2D eigenvalue weighted by Crippen LogP contribution is -2.15. The summed E-state index contributed by atoms with van der Waals surface area (Å²) in [6.07, 6.45) is 2.75. The summed E-state index contributed by atoms with van der Waals surface area (Å²) in [5.74, 6) is 0.917. The fourth-order valence-corrected chi connectivity index (χ4v) is 1.68. The summed E-state index contributed by atoms with van der Waals surface area (Å²) in [7, 11) is 0. The molecule has 0 N–H and O–H groups in total. The molecule has 0 saturated carbocycles. The standard InChI is InChI=1S/C12H14N2O/c1-12(2,3)11-13-9(8-15)10-6-4-5-7-14(10)11/h4-8H,1-3H3. The first-order valence-corrected chi connectivity index (χ1v) is 4.97. The molecule has 0 amide bonds. The van der Waals surface area contributed by atoms with Gasteiger partial charge in [-0.2, -0.15) is 0 Å². The molecular formula is C12H14N2O. The maximum atomic E-state index is 10.9. The van der Waals surface area contributed by atoms with Crippen molar-refractivity contribution in [2.45, 2.75) is 26.2 Å². The van der Waals surface area contributed by atoms with Crippen LogP contribution in [0.1, 0.15) is 37.1 Å². The molecule has 3 heteroatoms. The molecule has 15 heavy (non-hydrogen) atoms. The number of imidazole rings is 1. The van der Waals surface area contributed by atoms with E-state index in [0.717, 1.165) is 17.6 Å². The van der Waals surface area contributed by atoms with Gasteiger partial charge in [-0.25, -0.2) is 4.98 Å². The molecule has 0 fully saturated rings. The van der Waals surface area contributed by atoms with Gasteiger partial charge in [0, 0.05) is 11.6 Å². The Kier molecular flexibility index (Phi) is 2.11. The fraction of sp³-hybridized carbons (Fsp3) is 0.333. The number of carbonyl (C=O) groups excluding carboxylic acids is 1. The van der Waals surface area contributed by atoms with Crippen molar-refractivity contribution in [1.29, 1.82) is 0 Å². The van der Waals surface area contributed by atoms with Crippen molar-refractivity contribution in [2.75, 3.05) is 0 Å². The number of nitrogens with zero attached hydrogens (tertiary/aromatic N) is 2. The highest BCUT2D eigenvalue weighted by Crippen LogP contribution is 2.23. The third-order valence-electron chi connectivity index (χ3n) is 2.36. The Morgan fingerprint density at radius 1 is 1.33 bits per heavy atom. The van der Waals surface area contributed by atoms with Crippen molar-refractivity contribution >= 4 is 11.8 Å². The average Bonchev–Trinajstić information content (AvgIpc) is 2.55. The molecule has 0 atom stereocenters. The first kappa shape index (κ1) is 9.90. The summed E-state index contributed by atoms with van der Waals surface area (Å²) in [6.45, 7) is 6.26.